The van der Waals surface area contributed by atoms with E-state index in [4.69, 9.17) is 4.18 Å². The number of nitro groups is 1. The van der Waals surface area contributed by atoms with Crippen LogP contribution in [0.1, 0.15) is 0 Å². The van der Waals surface area contributed by atoms with Crippen molar-refractivity contribution in [3.8, 4) is 5.75 Å². The standard InChI is InChI=1S/C16H10FNO3S/c17-13-6-8-16(15(10-13)18(19)20)21-22-14-7-5-11-3-1-2-4-12(11)9-14/h1-10H. The topological polar surface area (TPSA) is 52.4 Å². The van der Waals surface area contributed by atoms with Crippen LogP contribution in [0.2, 0.25) is 0 Å². The molecule has 0 fully saturated rings. The van der Waals surface area contributed by atoms with Crippen molar-refractivity contribution in [2.75, 3.05) is 0 Å². The largest absolute Gasteiger partial charge is 0.413 e. The van der Waals surface area contributed by atoms with Crippen molar-refractivity contribution >= 4 is 28.5 Å². The predicted molar refractivity (Wildman–Crippen MR) is 83.5 cm³/mol. The third-order valence-corrected chi connectivity index (χ3v) is 3.78. The van der Waals surface area contributed by atoms with E-state index < -0.39 is 16.4 Å². The number of hydrogen-bond donors (Lipinski definition) is 0. The highest BCUT2D eigenvalue weighted by Crippen LogP contribution is 2.33. The Morgan fingerprint density at radius 1 is 1.00 bits per heavy atom. The smallest absolute Gasteiger partial charge is 0.315 e. The molecule has 0 aliphatic rings. The molecule has 3 aromatic carbocycles. The van der Waals surface area contributed by atoms with Crippen molar-refractivity contribution in [1.29, 1.82) is 0 Å². The Kier molecular flexibility index (Phi) is 3.93. The lowest BCUT2D eigenvalue weighted by atomic mass is 10.1. The van der Waals surface area contributed by atoms with Crippen molar-refractivity contribution < 1.29 is 13.5 Å². The van der Waals surface area contributed by atoms with Gasteiger partial charge >= 0.3 is 5.69 Å². The lowest BCUT2D eigenvalue weighted by Crippen LogP contribution is -1.93. The third kappa shape index (κ3) is 3.01. The van der Waals surface area contributed by atoms with Gasteiger partial charge in [0.25, 0.3) is 0 Å². The van der Waals surface area contributed by atoms with E-state index in [-0.39, 0.29) is 5.75 Å². The third-order valence-electron chi connectivity index (χ3n) is 3.07. The van der Waals surface area contributed by atoms with Crippen molar-refractivity contribution in [3.05, 3.63) is 76.6 Å². The maximum Gasteiger partial charge on any atom is 0.315 e. The molecule has 0 spiro atoms. The van der Waals surface area contributed by atoms with Gasteiger partial charge in [0.2, 0.25) is 5.75 Å². The molecule has 0 heterocycles. The summed E-state index contributed by atoms with van der Waals surface area (Å²) in [7, 11) is 0. The Balaban J connectivity index is 1.83. The number of rotatable bonds is 4. The first kappa shape index (κ1) is 14.3. The lowest BCUT2D eigenvalue weighted by molar-refractivity contribution is -0.385. The van der Waals surface area contributed by atoms with Gasteiger partial charge in [-0.15, -0.1) is 0 Å². The first-order valence-corrected chi connectivity index (χ1v) is 7.15. The number of fused-ring (bicyclic) bond motifs is 1. The van der Waals surface area contributed by atoms with E-state index in [1.54, 1.807) is 0 Å². The molecule has 110 valence electrons. The van der Waals surface area contributed by atoms with Crippen molar-refractivity contribution in [1.82, 2.24) is 0 Å². The quantitative estimate of drug-likeness (QED) is 0.387. The summed E-state index contributed by atoms with van der Waals surface area (Å²) in [5.74, 6) is -0.653. The summed E-state index contributed by atoms with van der Waals surface area (Å²) in [5, 5.41) is 13.1. The summed E-state index contributed by atoms with van der Waals surface area (Å²) in [6.07, 6.45) is 0. The van der Waals surface area contributed by atoms with Gasteiger partial charge in [-0.1, -0.05) is 30.3 Å². The second-order valence-corrected chi connectivity index (χ2v) is 5.35. The van der Waals surface area contributed by atoms with Crippen LogP contribution in [0.15, 0.2) is 65.6 Å². The normalized spacial score (nSPS) is 10.6. The van der Waals surface area contributed by atoms with E-state index >= 15 is 0 Å². The Morgan fingerprint density at radius 2 is 1.77 bits per heavy atom. The van der Waals surface area contributed by atoms with Crippen LogP contribution < -0.4 is 4.18 Å². The molecule has 0 radical (unpaired) electrons. The average Bonchev–Trinajstić information content (AvgIpc) is 2.53. The van der Waals surface area contributed by atoms with Gasteiger partial charge in [0, 0.05) is 4.90 Å². The highest BCUT2D eigenvalue weighted by molar-refractivity contribution is 7.95. The second-order valence-electron chi connectivity index (χ2n) is 4.54. The summed E-state index contributed by atoms with van der Waals surface area (Å²) in [5.41, 5.74) is -0.395. The first-order valence-electron chi connectivity index (χ1n) is 6.41. The summed E-state index contributed by atoms with van der Waals surface area (Å²) in [6.45, 7) is 0. The molecule has 4 nitrogen and oxygen atoms in total. The fourth-order valence-corrected chi connectivity index (χ4v) is 2.64. The molecular formula is C16H10FNO3S. The van der Waals surface area contributed by atoms with Gasteiger partial charge in [0.1, 0.15) is 5.82 Å². The average molecular weight is 315 g/mol. The van der Waals surface area contributed by atoms with Crippen molar-refractivity contribution in [2.24, 2.45) is 0 Å². The molecule has 0 amide bonds. The van der Waals surface area contributed by atoms with E-state index in [1.165, 1.54) is 6.07 Å². The second kappa shape index (κ2) is 6.03. The van der Waals surface area contributed by atoms with E-state index in [2.05, 4.69) is 0 Å². The van der Waals surface area contributed by atoms with Crippen LogP contribution in [0.5, 0.6) is 5.75 Å². The predicted octanol–water partition coefficient (Wildman–Crippen LogP) is 4.97. The Hall–Kier alpha value is -2.60. The molecule has 0 aromatic heterocycles. The van der Waals surface area contributed by atoms with E-state index in [9.17, 15) is 14.5 Å². The molecule has 0 aliphatic carbocycles. The Labute approximate surface area is 129 Å². The Morgan fingerprint density at radius 3 is 2.55 bits per heavy atom. The number of halogens is 1. The van der Waals surface area contributed by atoms with Crippen molar-refractivity contribution in [2.45, 2.75) is 4.90 Å². The van der Waals surface area contributed by atoms with Crippen LogP contribution in [0.25, 0.3) is 10.8 Å². The van der Waals surface area contributed by atoms with Gasteiger partial charge in [-0.25, -0.2) is 4.39 Å². The number of nitrogens with zero attached hydrogens (tertiary/aromatic N) is 1. The minimum atomic E-state index is -0.672. The van der Waals surface area contributed by atoms with Crippen molar-refractivity contribution in [3.63, 3.8) is 0 Å². The maximum atomic E-state index is 13.1. The highest BCUT2D eigenvalue weighted by Gasteiger charge is 2.17. The van der Waals surface area contributed by atoms with Gasteiger partial charge in [-0.3, -0.25) is 10.1 Å². The summed E-state index contributed by atoms with van der Waals surface area (Å²) >= 11 is 0.999. The van der Waals surface area contributed by atoms with Crippen LogP contribution >= 0.6 is 12.0 Å². The van der Waals surface area contributed by atoms with Crippen LogP contribution in [0.3, 0.4) is 0 Å². The van der Waals surface area contributed by atoms with Gasteiger partial charge in [0.15, 0.2) is 0 Å². The number of hydrogen-bond acceptors (Lipinski definition) is 4. The zero-order valence-electron chi connectivity index (χ0n) is 11.2. The number of nitro benzene ring substituents is 1. The fraction of sp³-hybridized carbons (Fsp3) is 0. The van der Waals surface area contributed by atoms with Crippen LogP contribution in [-0.4, -0.2) is 4.92 Å². The molecule has 6 heteroatoms. The molecule has 0 N–H and O–H groups in total. The van der Waals surface area contributed by atoms with Crippen LogP contribution in [0.4, 0.5) is 10.1 Å². The fourth-order valence-electron chi connectivity index (χ4n) is 2.02. The molecular weight excluding hydrogens is 305 g/mol. The van der Waals surface area contributed by atoms with E-state index in [0.717, 1.165) is 39.8 Å². The zero-order chi connectivity index (χ0) is 15.5. The Bertz CT molecular complexity index is 854. The van der Waals surface area contributed by atoms with E-state index in [0.29, 0.717) is 0 Å². The number of benzene rings is 3. The van der Waals surface area contributed by atoms with Crippen LogP contribution in [0, 0.1) is 15.9 Å². The molecule has 0 bridgehead atoms. The minimum Gasteiger partial charge on any atom is -0.413 e. The van der Waals surface area contributed by atoms with Gasteiger partial charge in [-0.05, 0) is 35.0 Å². The maximum absolute atomic E-state index is 13.1. The summed E-state index contributed by atoms with van der Waals surface area (Å²) in [4.78, 5) is 11.0. The first-order chi connectivity index (χ1) is 10.6. The minimum absolute atomic E-state index is 0.0181. The molecule has 0 aliphatic heterocycles. The SMILES string of the molecule is O=[N+]([O-])c1cc(F)ccc1OSc1ccc2ccccc2c1. The molecule has 3 aromatic rings. The molecule has 22 heavy (non-hydrogen) atoms. The van der Waals surface area contributed by atoms with Crippen LogP contribution in [-0.2, 0) is 0 Å². The van der Waals surface area contributed by atoms with Gasteiger partial charge < -0.3 is 4.18 Å². The lowest BCUT2D eigenvalue weighted by Gasteiger charge is -2.06. The summed E-state index contributed by atoms with van der Waals surface area (Å²) in [6, 6.07) is 16.8. The highest BCUT2D eigenvalue weighted by atomic mass is 32.2. The molecule has 0 unspecified atom stereocenters. The molecule has 0 atom stereocenters. The van der Waals surface area contributed by atoms with Gasteiger partial charge in [0.05, 0.1) is 23.0 Å². The van der Waals surface area contributed by atoms with E-state index in [1.807, 2.05) is 42.5 Å². The molecule has 3 rings (SSSR count). The monoisotopic (exact) mass is 315 g/mol. The van der Waals surface area contributed by atoms with Gasteiger partial charge in [-0.2, -0.15) is 0 Å². The zero-order valence-corrected chi connectivity index (χ0v) is 12.0. The molecule has 0 saturated carbocycles. The summed E-state index contributed by atoms with van der Waals surface area (Å²) < 4.78 is 18.5. The molecule has 0 saturated heterocycles.